The summed E-state index contributed by atoms with van der Waals surface area (Å²) in [6, 6.07) is 0. The molecule has 7 heteroatoms. The SMILES string of the molecule is CC(C)[SH](=O)([O-])C(C)C.CC(C)[SH](=O)([O-])C(C)C.[Zn+2]. The Morgan fingerprint density at radius 3 is 0.684 bits per heavy atom. The van der Waals surface area contributed by atoms with Crippen LogP contribution in [0.25, 0.3) is 0 Å². The molecule has 0 aliphatic heterocycles. The minimum atomic E-state index is -3.09. The second-order valence-corrected chi connectivity index (χ2v) is 12.4. The molecule has 0 unspecified atom stereocenters. The van der Waals surface area contributed by atoms with Gasteiger partial charge in [-0.1, -0.05) is 0 Å². The molecule has 0 bridgehead atoms. The summed E-state index contributed by atoms with van der Waals surface area (Å²) < 4.78 is 44.2. The first-order chi connectivity index (χ1) is 7.77. The van der Waals surface area contributed by atoms with Gasteiger partial charge in [-0.05, 0) is 55.4 Å². The largest absolute Gasteiger partial charge is 2.00 e. The van der Waals surface area contributed by atoms with Gasteiger partial charge >= 0.3 is 19.5 Å². The minimum absolute atomic E-state index is 0. The molecule has 0 aliphatic carbocycles. The van der Waals surface area contributed by atoms with E-state index in [-0.39, 0.29) is 40.5 Å². The Hall–Kier alpha value is 0.843. The zero-order valence-electron chi connectivity index (χ0n) is 13.5. The van der Waals surface area contributed by atoms with Crippen molar-refractivity contribution in [2.45, 2.75) is 76.4 Å². The summed E-state index contributed by atoms with van der Waals surface area (Å²) in [5.41, 5.74) is 0. The van der Waals surface area contributed by atoms with Gasteiger partial charge < -0.3 is 29.5 Å². The van der Waals surface area contributed by atoms with Crippen molar-refractivity contribution < 1.29 is 37.0 Å². The van der Waals surface area contributed by atoms with Crippen LogP contribution in [0.5, 0.6) is 0 Å². The summed E-state index contributed by atoms with van der Waals surface area (Å²) in [7, 11) is -6.17. The molecule has 0 N–H and O–H groups in total. The van der Waals surface area contributed by atoms with Crippen LogP contribution < -0.4 is 0 Å². The molecule has 0 aromatic heterocycles. The molecule has 0 aromatic rings. The van der Waals surface area contributed by atoms with Crippen molar-refractivity contribution in [1.82, 2.24) is 0 Å². The van der Waals surface area contributed by atoms with Gasteiger partial charge in [-0.25, -0.2) is 8.42 Å². The summed E-state index contributed by atoms with van der Waals surface area (Å²) in [5.74, 6) is 0. The molecule has 0 fully saturated rings. The summed E-state index contributed by atoms with van der Waals surface area (Å²) in [5, 5.41) is -0.843. The van der Waals surface area contributed by atoms with E-state index in [1.165, 1.54) is 0 Å². The molecule has 4 nitrogen and oxygen atoms in total. The van der Waals surface area contributed by atoms with E-state index in [0.29, 0.717) is 0 Å². The molecule has 0 saturated carbocycles. The molecule has 0 heterocycles. The quantitative estimate of drug-likeness (QED) is 0.587. The van der Waals surface area contributed by atoms with E-state index in [9.17, 15) is 17.5 Å². The van der Waals surface area contributed by atoms with Crippen molar-refractivity contribution in [2.75, 3.05) is 0 Å². The normalized spacial score (nSPS) is 14.2. The van der Waals surface area contributed by atoms with Crippen LogP contribution in [-0.2, 0) is 39.9 Å². The molecule has 0 saturated heterocycles. The van der Waals surface area contributed by atoms with Gasteiger partial charge in [0.05, 0.1) is 0 Å². The second kappa shape index (κ2) is 9.72. The number of sulfone groups is 2. The number of hydrogen-bond acceptors (Lipinski definition) is 4. The molecular formula is C12H30O4S2Zn. The number of thiol groups is 2. The zero-order valence-corrected chi connectivity index (χ0v) is 18.3. The molecule has 0 rings (SSSR count). The molecule has 116 valence electrons. The van der Waals surface area contributed by atoms with Crippen LogP contribution in [0.1, 0.15) is 55.4 Å². The van der Waals surface area contributed by atoms with E-state index in [2.05, 4.69) is 0 Å². The Morgan fingerprint density at radius 2 is 0.684 bits per heavy atom. The Bertz CT molecular complexity index is 272. The van der Waals surface area contributed by atoms with E-state index < -0.39 is 20.4 Å². The smallest absolute Gasteiger partial charge is 0.771 e. The summed E-state index contributed by atoms with van der Waals surface area (Å²) in [6.45, 7) is 13.7. The summed E-state index contributed by atoms with van der Waals surface area (Å²) >= 11 is 0. The first-order valence-electron chi connectivity index (χ1n) is 6.38. The standard InChI is InChI=1S/2C6H16O2S.Zn/c2*1-5(2)9(7,8)6(3)4;/h2*5-6,9H,1-4H3,(H,7,8);/q;;+2/p-2. The maximum Gasteiger partial charge on any atom is 2.00 e. The topological polar surface area (TPSA) is 80.3 Å². The first-order valence-corrected chi connectivity index (χ1v) is 9.91. The van der Waals surface area contributed by atoms with Crippen molar-refractivity contribution in [3.05, 3.63) is 0 Å². The van der Waals surface area contributed by atoms with Crippen molar-refractivity contribution in [3.63, 3.8) is 0 Å². The van der Waals surface area contributed by atoms with Gasteiger partial charge in [-0.3, -0.25) is 0 Å². The van der Waals surface area contributed by atoms with E-state index in [4.69, 9.17) is 0 Å². The van der Waals surface area contributed by atoms with E-state index in [1.807, 2.05) is 0 Å². The van der Waals surface area contributed by atoms with Crippen molar-refractivity contribution in [1.29, 1.82) is 0 Å². The average Bonchev–Trinajstić information content (AvgIpc) is 2.17. The van der Waals surface area contributed by atoms with Gasteiger partial charge in [0.2, 0.25) is 0 Å². The molecule has 0 amide bonds. The Balaban J connectivity index is -0.000000256. The second-order valence-electron chi connectivity index (χ2n) is 5.67. The van der Waals surface area contributed by atoms with Gasteiger partial charge in [-0.15, -0.1) is 0 Å². The molecule has 0 aromatic carbocycles. The Kier molecular flexibility index (Phi) is 12.7. The minimum Gasteiger partial charge on any atom is -0.771 e. The third kappa shape index (κ3) is 8.66. The van der Waals surface area contributed by atoms with Crippen LogP contribution in [-0.4, -0.2) is 38.5 Å². The average molecular weight is 368 g/mol. The summed E-state index contributed by atoms with van der Waals surface area (Å²) in [6.07, 6.45) is 0. The molecular weight excluding hydrogens is 338 g/mol. The van der Waals surface area contributed by atoms with Gasteiger partial charge in [0, 0.05) is 21.0 Å². The molecule has 0 radical (unpaired) electrons. The van der Waals surface area contributed by atoms with Crippen molar-refractivity contribution >= 4 is 20.4 Å². The maximum absolute atomic E-state index is 11.1. The predicted molar refractivity (Wildman–Crippen MR) is 81.2 cm³/mol. The molecule has 0 aliphatic rings. The van der Waals surface area contributed by atoms with Gasteiger partial charge in [0.15, 0.2) is 0 Å². The van der Waals surface area contributed by atoms with E-state index in [0.717, 1.165) is 0 Å². The summed E-state index contributed by atoms with van der Waals surface area (Å²) in [4.78, 5) is 0. The first kappa shape index (κ1) is 24.8. The maximum atomic E-state index is 11.1. The Morgan fingerprint density at radius 1 is 0.579 bits per heavy atom. The fraction of sp³-hybridized carbons (Fsp3) is 1.00. The predicted octanol–water partition coefficient (Wildman–Crippen LogP) is 1.90. The monoisotopic (exact) mass is 366 g/mol. The van der Waals surface area contributed by atoms with Crippen molar-refractivity contribution in [2.24, 2.45) is 0 Å². The van der Waals surface area contributed by atoms with Crippen LogP contribution in [0.4, 0.5) is 0 Å². The third-order valence-electron chi connectivity index (χ3n) is 2.88. The Labute approximate surface area is 133 Å². The number of rotatable bonds is 4. The number of hydrogen-bond donors (Lipinski definition) is 2. The van der Waals surface area contributed by atoms with Gasteiger partial charge in [0.1, 0.15) is 0 Å². The van der Waals surface area contributed by atoms with Crippen molar-refractivity contribution in [3.8, 4) is 0 Å². The van der Waals surface area contributed by atoms with Crippen LogP contribution in [0, 0.1) is 0 Å². The molecule has 19 heavy (non-hydrogen) atoms. The van der Waals surface area contributed by atoms with Crippen LogP contribution in [0.3, 0.4) is 0 Å². The van der Waals surface area contributed by atoms with Gasteiger partial charge in [-0.2, -0.15) is 0 Å². The van der Waals surface area contributed by atoms with Gasteiger partial charge in [0.25, 0.3) is 0 Å². The van der Waals surface area contributed by atoms with Crippen LogP contribution in [0.2, 0.25) is 0 Å². The van der Waals surface area contributed by atoms with Crippen LogP contribution >= 0.6 is 0 Å². The zero-order chi connectivity index (χ0) is 15.3. The third-order valence-corrected chi connectivity index (χ3v) is 8.64. The fourth-order valence-corrected chi connectivity index (χ4v) is 3.58. The van der Waals surface area contributed by atoms with E-state index >= 15 is 0 Å². The van der Waals surface area contributed by atoms with E-state index in [1.54, 1.807) is 55.4 Å². The van der Waals surface area contributed by atoms with Crippen LogP contribution in [0.15, 0.2) is 0 Å². The molecule has 0 spiro atoms. The fourth-order valence-electron chi connectivity index (χ4n) is 1.19. The molecule has 0 atom stereocenters.